The third-order valence-electron chi connectivity index (χ3n) is 5.74. The Morgan fingerprint density at radius 3 is 2.66 bits per heavy atom. The molecule has 7 nitrogen and oxygen atoms in total. The van der Waals surface area contributed by atoms with Crippen LogP contribution < -0.4 is 9.46 Å². The van der Waals surface area contributed by atoms with Crippen LogP contribution in [0.4, 0.5) is 0 Å². The summed E-state index contributed by atoms with van der Waals surface area (Å²) in [6, 6.07) is 8.92. The van der Waals surface area contributed by atoms with Gasteiger partial charge in [0.2, 0.25) is 10.0 Å². The topological polar surface area (TPSA) is 86.1 Å². The summed E-state index contributed by atoms with van der Waals surface area (Å²) >= 11 is 0. The molecule has 0 spiro atoms. The lowest BCUT2D eigenvalue weighted by Gasteiger charge is -2.15. The lowest BCUT2D eigenvalue weighted by molar-refractivity contribution is 0.315. The predicted molar refractivity (Wildman–Crippen MR) is 124 cm³/mol. The Bertz CT molecular complexity index is 1170. The summed E-state index contributed by atoms with van der Waals surface area (Å²) in [6.07, 6.45) is 8.72. The average Bonchev–Trinajstić information content (AvgIpc) is 3.17. The van der Waals surface area contributed by atoms with Gasteiger partial charge in [0.15, 0.2) is 0 Å². The van der Waals surface area contributed by atoms with E-state index in [9.17, 15) is 8.42 Å². The molecule has 0 bridgehead atoms. The molecule has 0 amide bonds. The SMILES string of the molecule is CCCOc1ccc(S(=O)(=O)NCCn2nc(-c3ccncc3)c3c2CCCC3)cc1C. The smallest absolute Gasteiger partial charge is 0.240 e. The molecular formula is C24H30N4O3S. The lowest BCUT2D eigenvalue weighted by atomic mass is 9.94. The van der Waals surface area contributed by atoms with Crippen molar-refractivity contribution >= 4 is 10.0 Å². The van der Waals surface area contributed by atoms with E-state index >= 15 is 0 Å². The maximum Gasteiger partial charge on any atom is 0.240 e. The molecule has 2 aromatic heterocycles. The summed E-state index contributed by atoms with van der Waals surface area (Å²) in [5.74, 6) is 0.720. The third kappa shape index (κ3) is 4.86. The van der Waals surface area contributed by atoms with Gasteiger partial charge < -0.3 is 4.74 Å². The van der Waals surface area contributed by atoms with Gasteiger partial charge in [-0.2, -0.15) is 5.10 Å². The molecule has 4 rings (SSSR count). The largest absolute Gasteiger partial charge is 0.493 e. The highest BCUT2D eigenvalue weighted by Crippen LogP contribution is 2.31. The number of fused-ring (bicyclic) bond motifs is 1. The van der Waals surface area contributed by atoms with E-state index in [1.807, 2.05) is 30.7 Å². The van der Waals surface area contributed by atoms with Gasteiger partial charge in [0.05, 0.1) is 23.7 Å². The molecule has 1 N–H and O–H groups in total. The highest BCUT2D eigenvalue weighted by Gasteiger charge is 2.22. The molecule has 32 heavy (non-hydrogen) atoms. The normalized spacial score (nSPS) is 13.7. The number of ether oxygens (including phenoxy) is 1. The van der Waals surface area contributed by atoms with E-state index in [0.717, 1.165) is 54.7 Å². The van der Waals surface area contributed by atoms with Crippen LogP contribution in [0.5, 0.6) is 5.75 Å². The first-order valence-corrected chi connectivity index (χ1v) is 12.7. The number of nitrogens with one attached hydrogen (secondary N) is 1. The van der Waals surface area contributed by atoms with Crippen molar-refractivity contribution < 1.29 is 13.2 Å². The van der Waals surface area contributed by atoms with Gasteiger partial charge in [-0.05, 0) is 74.9 Å². The standard InChI is InChI=1S/C24H30N4O3S/c1-3-16-31-23-9-8-20(17-18(23)2)32(29,30)26-14-15-28-22-7-5-4-6-21(22)24(27-28)19-10-12-25-13-11-19/h8-13,17,26H,3-7,14-16H2,1-2H3. The zero-order valence-electron chi connectivity index (χ0n) is 18.7. The van der Waals surface area contributed by atoms with Gasteiger partial charge in [0, 0.05) is 35.8 Å². The molecule has 0 aliphatic heterocycles. The lowest BCUT2D eigenvalue weighted by Crippen LogP contribution is -2.28. The number of nitrogens with zero attached hydrogens (tertiary/aromatic N) is 3. The van der Waals surface area contributed by atoms with Crippen molar-refractivity contribution in [1.29, 1.82) is 0 Å². The Balaban J connectivity index is 1.47. The van der Waals surface area contributed by atoms with Crippen LogP contribution in [0.25, 0.3) is 11.3 Å². The number of hydrogen-bond acceptors (Lipinski definition) is 5. The van der Waals surface area contributed by atoms with Crippen molar-refractivity contribution in [3.8, 4) is 17.0 Å². The number of pyridine rings is 1. The van der Waals surface area contributed by atoms with Crippen molar-refractivity contribution in [2.45, 2.75) is 57.4 Å². The van der Waals surface area contributed by atoms with Gasteiger partial charge >= 0.3 is 0 Å². The number of benzene rings is 1. The minimum absolute atomic E-state index is 0.249. The van der Waals surface area contributed by atoms with Crippen LogP contribution in [0.1, 0.15) is 43.0 Å². The van der Waals surface area contributed by atoms with Crippen LogP contribution in [0.2, 0.25) is 0 Å². The first-order valence-electron chi connectivity index (χ1n) is 11.2. The van der Waals surface area contributed by atoms with E-state index in [1.54, 1.807) is 30.6 Å². The fourth-order valence-electron chi connectivity index (χ4n) is 4.13. The Morgan fingerprint density at radius 1 is 1.12 bits per heavy atom. The monoisotopic (exact) mass is 454 g/mol. The molecule has 0 saturated carbocycles. The van der Waals surface area contributed by atoms with Gasteiger partial charge in [-0.15, -0.1) is 0 Å². The number of aryl methyl sites for hydroxylation is 1. The predicted octanol–water partition coefficient (Wildman–Crippen LogP) is 3.90. The van der Waals surface area contributed by atoms with Crippen LogP contribution in [0, 0.1) is 6.92 Å². The van der Waals surface area contributed by atoms with Crippen LogP contribution in [-0.4, -0.2) is 36.3 Å². The zero-order valence-corrected chi connectivity index (χ0v) is 19.5. The molecular weight excluding hydrogens is 424 g/mol. The number of hydrogen-bond donors (Lipinski definition) is 1. The van der Waals surface area contributed by atoms with Crippen molar-refractivity contribution in [2.24, 2.45) is 0 Å². The average molecular weight is 455 g/mol. The summed E-state index contributed by atoms with van der Waals surface area (Å²) in [5.41, 5.74) is 5.35. The zero-order chi connectivity index (χ0) is 22.6. The Morgan fingerprint density at radius 2 is 1.91 bits per heavy atom. The highest BCUT2D eigenvalue weighted by molar-refractivity contribution is 7.89. The maximum absolute atomic E-state index is 12.8. The van der Waals surface area contributed by atoms with Gasteiger partial charge in [0.1, 0.15) is 5.75 Å². The molecule has 170 valence electrons. The Kier molecular flexibility index (Phi) is 6.91. The minimum Gasteiger partial charge on any atom is -0.493 e. The molecule has 1 aliphatic rings. The second-order valence-electron chi connectivity index (χ2n) is 8.11. The molecule has 0 saturated heterocycles. The fourth-order valence-corrected chi connectivity index (χ4v) is 5.24. The quantitative estimate of drug-likeness (QED) is 0.530. The fraction of sp³-hybridized carbons (Fsp3) is 0.417. The van der Waals surface area contributed by atoms with Crippen molar-refractivity contribution in [1.82, 2.24) is 19.5 Å². The summed E-state index contributed by atoms with van der Waals surface area (Å²) in [6.45, 7) is 5.28. The van der Waals surface area contributed by atoms with E-state index in [2.05, 4.69) is 9.71 Å². The van der Waals surface area contributed by atoms with E-state index < -0.39 is 10.0 Å². The molecule has 0 radical (unpaired) electrons. The van der Waals surface area contributed by atoms with Gasteiger partial charge in [-0.25, -0.2) is 13.1 Å². The van der Waals surface area contributed by atoms with Gasteiger partial charge in [0.25, 0.3) is 0 Å². The summed E-state index contributed by atoms with van der Waals surface area (Å²) in [4.78, 5) is 4.35. The van der Waals surface area contributed by atoms with E-state index in [1.165, 1.54) is 11.3 Å². The maximum atomic E-state index is 12.8. The van der Waals surface area contributed by atoms with Crippen LogP contribution in [0.3, 0.4) is 0 Å². The molecule has 8 heteroatoms. The van der Waals surface area contributed by atoms with Gasteiger partial charge in [-0.3, -0.25) is 9.67 Å². The van der Waals surface area contributed by atoms with E-state index in [-0.39, 0.29) is 11.4 Å². The number of sulfonamides is 1. The molecule has 0 atom stereocenters. The van der Waals surface area contributed by atoms with Crippen molar-refractivity contribution in [3.05, 3.63) is 59.5 Å². The second kappa shape index (κ2) is 9.83. The summed E-state index contributed by atoms with van der Waals surface area (Å²) in [5, 5.41) is 4.85. The van der Waals surface area contributed by atoms with Crippen LogP contribution >= 0.6 is 0 Å². The van der Waals surface area contributed by atoms with Crippen molar-refractivity contribution in [3.63, 3.8) is 0 Å². The first kappa shape index (κ1) is 22.5. The van der Waals surface area contributed by atoms with Crippen LogP contribution in [-0.2, 0) is 29.4 Å². The molecule has 0 fully saturated rings. The summed E-state index contributed by atoms with van der Waals surface area (Å²) in [7, 11) is -3.61. The highest BCUT2D eigenvalue weighted by atomic mass is 32.2. The molecule has 1 aliphatic carbocycles. The molecule has 0 unspecified atom stereocenters. The Labute approximate surface area is 189 Å². The van der Waals surface area contributed by atoms with E-state index in [0.29, 0.717) is 13.2 Å². The molecule has 2 heterocycles. The second-order valence-corrected chi connectivity index (χ2v) is 9.88. The van der Waals surface area contributed by atoms with E-state index in [4.69, 9.17) is 9.84 Å². The van der Waals surface area contributed by atoms with Crippen LogP contribution in [0.15, 0.2) is 47.6 Å². The summed E-state index contributed by atoms with van der Waals surface area (Å²) < 4.78 is 36.0. The molecule has 3 aromatic rings. The van der Waals surface area contributed by atoms with Crippen molar-refractivity contribution in [2.75, 3.05) is 13.2 Å². The first-order chi connectivity index (χ1) is 15.5. The number of aromatic nitrogens is 3. The number of rotatable bonds is 9. The van der Waals surface area contributed by atoms with Gasteiger partial charge in [-0.1, -0.05) is 6.92 Å². The Hall–Kier alpha value is -2.71. The molecule has 1 aromatic carbocycles. The minimum atomic E-state index is -3.61. The third-order valence-corrected chi connectivity index (χ3v) is 7.20.